The Labute approximate surface area is 121 Å². The van der Waals surface area contributed by atoms with Gasteiger partial charge in [0.1, 0.15) is 6.54 Å². The Hall–Kier alpha value is -0.390. The lowest BCUT2D eigenvalue weighted by molar-refractivity contribution is -0.870. The van der Waals surface area contributed by atoms with Crippen molar-refractivity contribution in [3.63, 3.8) is 0 Å². The maximum atomic E-state index is 11.4. The largest absolute Gasteiger partial charge is 1.00 e. The molecule has 0 aliphatic rings. The molecular weight excluding hydrogens is 298 g/mol. The molecule has 0 atom stereocenters. The summed E-state index contributed by atoms with van der Waals surface area (Å²) in [6.45, 7) is 7.95. The second-order valence-electron chi connectivity index (χ2n) is 5.16. The highest BCUT2D eigenvalue weighted by molar-refractivity contribution is 5.87. The maximum Gasteiger partial charge on any atom is 0.335 e. The minimum absolute atomic E-state index is 0. The van der Waals surface area contributed by atoms with Crippen molar-refractivity contribution in [2.24, 2.45) is 0 Å². The quantitative estimate of drug-likeness (QED) is 0.227. The number of carbonyl (C=O) groups is 1. The third kappa shape index (κ3) is 12.1. The van der Waals surface area contributed by atoms with E-state index in [-0.39, 0.29) is 29.6 Å². The minimum Gasteiger partial charge on any atom is -1.00 e. The summed E-state index contributed by atoms with van der Waals surface area (Å²) >= 11 is 0. The van der Waals surface area contributed by atoms with Crippen molar-refractivity contribution in [3.8, 4) is 0 Å². The number of nitrogens with zero attached hydrogens (tertiary/aromatic N) is 1. The molecule has 0 unspecified atom stereocenters. The molecule has 18 heavy (non-hydrogen) atoms. The number of ether oxygens (including phenoxy) is 2. The van der Waals surface area contributed by atoms with Gasteiger partial charge in [-0.3, -0.25) is 0 Å². The van der Waals surface area contributed by atoms with Crippen LogP contribution in [0.4, 0.5) is 0 Å². The first-order chi connectivity index (χ1) is 7.87. The first-order valence-electron chi connectivity index (χ1n) is 6.10. The summed E-state index contributed by atoms with van der Waals surface area (Å²) in [6, 6.07) is 0. The van der Waals surface area contributed by atoms with Gasteiger partial charge in [0, 0.05) is 0 Å². The number of rotatable bonds is 9. The molecule has 0 fully saturated rings. The minimum atomic E-state index is -0.344. The molecule has 0 amide bonds. The number of hydrogen-bond donors (Lipinski definition) is 0. The van der Waals surface area contributed by atoms with E-state index in [1.165, 1.54) is 0 Å². The van der Waals surface area contributed by atoms with Crippen LogP contribution in [-0.4, -0.2) is 58.0 Å². The van der Waals surface area contributed by atoms with Gasteiger partial charge in [-0.1, -0.05) is 19.9 Å². The molecule has 0 rings (SSSR count). The molecule has 0 aliphatic carbocycles. The first-order valence-corrected chi connectivity index (χ1v) is 6.10. The van der Waals surface area contributed by atoms with E-state index in [1.807, 2.05) is 0 Å². The summed E-state index contributed by atoms with van der Waals surface area (Å²) in [5, 5.41) is 0. The van der Waals surface area contributed by atoms with Crippen molar-refractivity contribution in [2.75, 3.05) is 47.5 Å². The fraction of sp³-hybridized carbons (Fsp3) is 0.769. The summed E-state index contributed by atoms with van der Waals surface area (Å²) in [5.41, 5.74) is 0.391. The molecule has 5 heteroatoms. The SMILES string of the molecule is C=C(COCC[N+](C)(C)C)C(=O)OCCCC.[Br-]. The van der Waals surface area contributed by atoms with Crippen molar-refractivity contribution < 1.29 is 35.7 Å². The van der Waals surface area contributed by atoms with Crippen LogP contribution in [0.3, 0.4) is 0 Å². The van der Waals surface area contributed by atoms with Crippen LogP contribution in [0.15, 0.2) is 12.2 Å². The summed E-state index contributed by atoms with van der Waals surface area (Å²) in [4.78, 5) is 11.4. The molecule has 0 aromatic heterocycles. The number of halogens is 1. The van der Waals surface area contributed by atoms with Crippen molar-refractivity contribution in [1.82, 2.24) is 0 Å². The zero-order chi connectivity index (χ0) is 13.3. The van der Waals surface area contributed by atoms with Crippen LogP contribution >= 0.6 is 0 Å². The Balaban J connectivity index is 0. The predicted molar refractivity (Wildman–Crippen MR) is 68.7 cm³/mol. The first kappa shape index (κ1) is 19.9. The Kier molecular flexibility index (Phi) is 11.7. The van der Waals surface area contributed by atoms with Gasteiger partial charge in [0.05, 0.1) is 46.5 Å². The van der Waals surface area contributed by atoms with Crippen LogP contribution in [0.5, 0.6) is 0 Å². The monoisotopic (exact) mass is 323 g/mol. The third-order valence-electron chi connectivity index (χ3n) is 2.20. The topological polar surface area (TPSA) is 35.5 Å². The molecule has 0 radical (unpaired) electrons. The van der Waals surface area contributed by atoms with Crippen LogP contribution in [0, 0.1) is 0 Å². The van der Waals surface area contributed by atoms with E-state index in [0.29, 0.717) is 18.8 Å². The highest BCUT2D eigenvalue weighted by Gasteiger charge is 2.10. The Morgan fingerprint density at radius 3 is 2.33 bits per heavy atom. The number of carbonyl (C=O) groups excluding carboxylic acids is 1. The summed E-state index contributed by atoms with van der Waals surface area (Å²) in [5.74, 6) is -0.344. The van der Waals surface area contributed by atoms with Crippen LogP contribution in [0.2, 0.25) is 0 Å². The van der Waals surface area contributed by atoms with E-state index < -0.39 is 0 Å². The Morgan fingerprint density at radius 1 is 1.22 bits per heavy atom. The van der Waals surface area contributed by atoms with Gasteiger partial charge in [-0.25, -0.2) is 4.79 Å². The van der Waals surface area contributed by atoms with Gasteiger partial charge in [-0.2, -0.15) is 0 Å². The second kappa shape index (κ2) is 10.5. The Morgan fingerprint density at radius 2 is 1.83 bits per heavy atom. The summed E-state index contributed by atoms with van der Waals surface area (Å²) < 4.78 is 11.2. The fourth-order valence-electron chi connectivity index (χ4n) is 1.00. The smallest absolute Gasteiger partial charge is 0.335 e. The van der Waals surface area contributed by atoms with Crippen molar-refractivity contribution in [1.29, 1.82) is 0 Å². The van der Waals surface area contributed by atoms with Gasteiger partial charge in [-0.15, -0.1) is 0 Å². The average molecular weight is 324 g/mol. The summed E-state index contributed by atoms with van der Waals surface area (Å²) in [7, 11) is 6.28. The highest BCUT2D eigenvalue weighted by Crippen LogP contribution is 1.99. The number of esters is 1. The third-order valence-corrected chi connectivity index (χ3v) is 2.20. The van der Waals surface area contributed by atoms with Gasteiger partial charge in [-0.05, 0) is 6.42 Å². The van der Waals surface area contributed by atoms with Crippen LogP contribution in [0.25, 0.3) is 0 Å². The molecule has 108 valence electrons. The molecule has 0 spiro atoms. The number of unbranched alkanes of at least 4 members (excludes halogenated alkanes) is 1. The van der Waals surface area contributed by atoms with Gasteiger partial charge >= 0.3 is 5.97 Å². The maximum absolute atomic E-state index is 11.4. The van der Waals surface area contributed by atoms with Gasteiger partial charge in [0.15, 0.2) is 0 Å². The highest BCUT2D eigenvalue weighted by atomic mass is 79.9. The van der Waals surface area contributed by atoms with Crippen molar-refractivity contribution in [3.05, 3.63) is 12.2 Å². The van der Waals surface area contributed by atoms with Crippen molar-refractivity contribution in [2.45, 2.75) is 19.8 Å². The molecule has 0 aliphatic heterocycles. The van der Waals surface area contributed by atoms with E-state index in [0.717, 1.165) is 23.9 Å². The van der Waals surface area contributed by atoms with E-state index in [1.54, 1.807) is 0 Å². The molecule has 0 N–H and O–H groups in total. The average Bonchev–Trinajstić information content (AvgIpc) is 2.23. The molecule has 0 bridgehead atoms. The zero-order valence-electron chi connectivity index (χ0n) is 12.0. The molecule has 0 saturated heterocycles. The lowest BCUT2D eigenvalue weighted by Gasteiger charge is -2.23. The number of hydrogen-bond acceptors (Lipinski definition) is 3. The van der Waals surface area contributed by atoms with Crippen molar-refractivity contribution >= 4 is 5.97 Å². The fourth-order valence-corrected chi connectivity index (χ4v) is 1.00. The zero-order valence-corrected chi connectivity index (χ0v) is 13.6. The Bertz CT molecular complexity index is 249. The van der Waals surface area contributed by atoms with Gasteiger partial charge in [0.2, 0.25) is 0 Å². The molecule has 0 aromatic carbocycles. The number of quaternary nitrogens is 1. The lowest BCUT2D eigenvalue weighted by Crippen LogP contribution is -3.00. The predicted octanol–water partition coefficient (Wildman–Crippen LogP) is -1.39. The second-order valence-corrected chi connectivity index (χ2v) is 5.16. The van der Waals surface area contributed by atoms with Gasteiger partial charge < -0.3 is 30.9 Å². The van der Waals surface area contributed by atoms with E-state index in [2.05, 4.69) is 34.6 Å². The molecule has 4 nitrogen and oxygen atoms in total. The number of likely N-dealkylation sites (N-methyl/N-ethyl adjacent to an activating group) is 1. The normalized spacial score (nSPS) is 10.7. The molecular formula is C13H26BrNO3. The molecule has 0 saturated carbocycles. The lowest BCUT2D eigenvalue weighted by atomic mass is 10.3. The molecule has 0 aromatic rings. The van der Waals surface area contributed by atoms with Crippen LogP contribution < -0.4 is 17.0 Å². The van der Waals surface area contributed by atoms with Crippen LogP contribution in [0.1, 0.15) is 19.8 Å². The van der Waals surface area contributed by atoms with E-state index in [4.69, 9.17) is 9.47 Å². The summed E-state index contributed by atoms with van der Waals surface area (Å²) in [6.07, 6.45) is 1.90. The standard InChI is InChI=1S/C13H26NO3.BrH/c1-6-7-9-17-13(15)12(2)11-16-10-8-14(3,4)5;/h2,6-11H2,1,3-5H3;1H/q+1;/p-1. The van der Waals surface area contributed by atoms with Gasteiger partial charge in [0.25, 0.3) is 0 Å². The van der Waals surface area contributed by atoms with Crippen LogP contribution in [-0.2, 0) is 14.3 Å². The van der Waals surface area contributed by atoms with E-state index >= 15 is 0 Å². The molecule has 0 heterocycles. The van der Waals surface area contributed by atoms with E-state index in [9.17, 15) is 4.79 Å².